The van der Waals surface area contributed by atoms with E-state index in [0.717, 1.165) is 27.8 Å². The second-order valence-corrected chi connectivity index (χ2v) is 12.4. The number of benzene rings is 2. The zero-order chi connectivity index (χ0) is 31.9. The van der Waals surface area contributed by atoms with E-state index in [1.165, 1.54) is 4.90 Å². The van der Waals surface area contributed by atoms with Crippen molar-refractivity contribution in [1.29, 1.82) is 0 Å². The van der Waals surface area contributed by atoms with Gasteiger partial charge in [0, 0.05) is 11.8 Å². The standard InChI is InChI=1S/C34H50N2O6/c1-20-15-12-13-17-29(20)21(2)26(7)41-32(38)25(6)36(33(39)42-34(9,10)11)19-28-16-14-18-30(23(28)4)22(3)27(8)40-31(37)24(5)35/h12-18,21-22,24-27H,19,35H2,1-11H3/t21-,22+,24-,25+,26+,27-/m0/s1. The summed E-state index contributed by atoms with van der Waals surface area (Å²) < 4.78 is 17.2. The van der Waals surface area contributed by atoms with Crippen LogP contribution in [0, 0.1) is 13.8 Å². The minimum atomic E-state index is -0.905. The molecule has 6 atom stereocenters. The van der Waals surface area contributed by atoms with Crippen LogP contribution in [0.15, 0.2) is 42.5 Å². The summed E-state index contributed by atoms with van der Waals surface area (Å²) in [6, 6.07) is 12.2. The molecule has 42 heavy (non-hydrogen) atoms. The zero-order valence-electron chi connectivity index (χ0n) is 27.2. The predicted octanol–water partition coefficient (Wildman–Crippen LogP) is 6.55. The van der Waals surface area contributed by atoms with Crippen LogP contribution in [0.5, 0.6) is 0 Å². The Balaban J connectivity index is 2.33. The molecule has 0 aliphatic carbocycles. The van der Waals surface area contributed by atoms with Crippen molar-refractivity contribution in [2.24, 2.45) is 5.73 Å². The summed E-state index contributed by atoms with van der Waals surface area (Å²) in [6.45, 7) is 20.5. The second-order valence-electron chi connectivity index (χ2n) is 12.4. The van der Waals surface area contributed by atoms with Gasteiger partial charge in [-0.3, -0.25) is 9.69 Å². The molecule has 0 spiro atoms. The van der Waals surface area contributed by atoms with E-state index in [9.17, 15) is 14.4 Å². The van der Waals surface area contributed by atoms with Crippen molar-refractivity contribution < 1.29 is 28.6 Å². The largest absolute Gasteiger partial charge is 0.461 e. The summed E-state index contributed by atoms with van der Waals surface area (Å²) in [4.78, 5) is 40.4. The topological polar surface area (TPSA) is 108 Å². The third-order valence-corrected chi connectivity index (χ3v) is 7.82. The first kappa shape index (κ1) is 34.8. The smallest absolute Gasteiger partial charge is 0.411 e. The van der Waals surface area contributed by atoms with Gasteiger partial charge in [0.05, 0.1) is 6.54 Å². The molecule has 2 N–H and O–H groups in total. The molecule has 0 heterocycles. The van der Waals surface area contributed by atoms with Crippen LogP contribution in [0.3, 0.4) is 0 Å². The molecule has 2 rings (SSSR count). The lowest BCUT2D eigenvalue weighted by Gasteiger charge is -2.33. The number of amides is 1. The highest BCUT2D eigenvalue weighted by Gasteiger charge is 2.33. The number of nitrogens with two attached hydrogens (primary N) is 1. The van der Waals surface area contributed by atoms with E-state index < -0.39 is 47.9 Å². The van der Waals surface area contributed by atoms with E-state index in [-0.39, 0.29) is 18.4 Å². The van der Waals surface area contributed by atoms with E-state index in [4.69, 9.17) is 19.9 Å². The van der Waals surface area contributed by atoms with Crippen LogP contribution in [0.1, 0.15) is 102 Å². The SMILES string of the molecule is Cc1ccccc1[C@@H](C)[C@@H](C)OC(=O)[C@@H](C)N(Cc1cccc([C@H](C)[C@H](C)OC(=O)[C@H](C)N)c1C)C(=O)OC(C)(C)C. The quantitative estimate of drug-likeness (QED) is 0.236. The predicted molar refractivity (Wildman–Crippen MR) is 165 cm³/mol. The summed E-state index contributed by atoms with van der Waals surface area (Å²) in [5.74, 6) is -1.13. The number of carbonyl (C=O) groups is 3. The van der Waals surface area contributed by atoms with Gasteiger partial charge in [-0.2, -0.15) is 0 Å². The summed E-state index contributed by atoms with van der Waals surface area (Å²) in [7, 11) is 0. The minimum Gasteiger partial charge on any atom is -0.461 e. The van der Waals surface area contributed by atoms with Gasteiger partial charge in [-0.25, -0.2) is 9.59 Å². The summed E-state index contributed by atoms with van der Waals surface area (Å²) >= 11 is 0. The zero-order valence-corrected chi connectivity index (χ0v) is 27.2. The number of carbonyl (C=O) groups excluding carboxylic acids is 3. The van der Waals surface area contributed by atoms with Crippen molar-refractivity contribution in [3.8, 4) is 0 Å². The highest BCUT2D eigenvalue weighted by Crippen LogP contribution is 2.29. The highest BCUT2D eigenvalue weighted by molar-refractivity contribution is 5.81. The Morgan fingerprint density at radius 1 is 0.786 bits per heavy atom. The summed E-state index contributed by atoms with van der Waals surface area (Å²) in [6.07, 6.45) is -1.43. The Hall–Kier alpha value is -3.39. The van der Waals surface area contributed by atoms with E-state index >= 15 is 0 Å². The molecule has 2 aromatic carbocycles. The Kier molecular flexibility index (Phi) is 12.2. The first-order chi connectivity index (χ1) is 19.4. The van der Waals surface area contributed by atoms with E-state index in [1.54, 1.807) is 34.6 Å². The Morgan fingerprint density at radius 3 is 1.86 bits per heavy atom. The van der Waals surface area contributed by atoms with Crippen LogP contribution in [0.2, 0.25) is 0 Å². The molecule has 0 saturated heterocycles. The number of esters is 2. The lowest BCUT2D eigenvalue weighted by molar-refractivity contribution is -0.155. The molecular formula is C34H50N2O6. The lowest BCUT2D eigenvalue weighted by Crippen LogP contribution is -2.46. The Bertz CT molecular complexity index is 1230. The maximum absolute atomic E-state index is 13.5. The first-order valence-corrected chi connectivity index (χ1v) is 14.7. The molecule has 0 unspecified atom stereocenters. The third kappa shape index (κ3) is 9.31. The van der Waals surface area contributed by atoms with Crippen molar-refractivity contribution in [1.82, 2.24) is 4.90 Å². The fourth-order valence-corrected chi connectivity index (χ4v) is 4.74. The van der Waals surface area contributed by atoms with Gasteiger partial charge < -0.3 is 19.9 Å². The van der Waals surface area contributed by atoms with Crippen LogP contribution in [0.4, 0.5) is 4.79 Å². The van der Waals surface area contributed by atoms with E-state index in [2.05, 4.69) is 0 Å². The second kappa shape index (κ2) is 14.7. The van der Waals surface area contributed by atoms with Crippen molar-refractivity contribution in [3.63, 3.8) is 0 Å². The van der Waals surface area contributed by atoms with Gasteiger partial charge in [0.15, 0.2) is 0 Å². The number of aryl methyl sites for hydroxylation is 1. The van der Waals surface area contributed by atoms with Crippen molar-refractivity contribution in [2.75, 3.05) is 0 Å². The van der Waals surface area contributed by atoms with Gasteiger partial charge in [0.2, 0.25) is 0 Å². The molecule has 0 saturated carbocycles. The number of nitrogens with zero attached hydrogens (tertiary/aromatic N) is 1. The van der Waals surface area contributed by atoms with E-state index in [0.29, 0.717) is 0 Å². The van der Waals surface area contributed by atoms with Crippen LogP contribution in [-0.2, 0) is 30.3 Å². The fourth-order valence-electron chi connectivity index (χ4n) is 4.74. The van der Waals surface area contributed by atoms with Crippen LogP contribution < -0.4 is 5.73 Å². The van der Waals surface area contributed by atoms with Crippen molar-refractivity contribution in [2.45, 2.75) is 124 Å². The highest BCUT2D eigenvalue weighted by atomic mass is 16.6. The fraction of sp³-hybridized carbons (Fsp3) is 0.559. The van der Waals surface area contributed by atoms with Gasteiger partial charge in [-0.05, 0) is 90.1 Å². The van der Waals surface area contributed by atoms with Gasteiger partial charge in [0.25, 0.3) is 0 Å². The molecule has 0 fully saturated rings. The van der Waals surface area contributed by atoms with Gasteiger partial charge >= 0.3 is 18.0 Å². The van der Waals surface area contributed by atoms with Gasteiger partial charge in [0.1, 0.15) is 29.9 Å². The number of hydrogen-bond donors (Lipinski definition) is 1. The molecular weight excluding hydrogens is 532 g/mol. The lowest BCUT2D eigenvalue weighted by atomic mass is 9.89. The molecule has 8 heteroatoms. The maximum Gasteiger partial charge on any atom is 0.411 e. The molecule has 232 valence electrons. The number of rotatable bonds is 11. The number of ether oxygens (including phenoxy) is 3. The van der Waals surface area contributed by atoms with Gasteiger partial charge in [-0.1, -0.05) is 56.3 Å². The minimum absolute atomic E-state index is 0.0314. The summed E-state index contributed by atoms with van der Waals surface area (Å²) in [5, 5.41) is 0. The average molecular weight is 583 g/mol. The molecule has 0 aliphatic rings. The maximum atomic E-state index is 13.5. The molecule has 0 radical (unpaired) electrons. The van der Waals surface area contributed by atoms with Crippen molar-refractivity contribution in [3.05, 3.63) is 70.3 Å². The van der Waals surface area contributed by atoms with Gasteiger partial charge in [-0.15, -0.1) is 0 Å². The average Bonchev–Trinajstić information content (AvgIpc) is 2.90. The molecule has 0 bridgehead atoms. The van der Waals surface area contributed by atoms with Crippen LogP contribution in [0.25, 0.3) is 0 Å². The molecule has 1 amide bonds. The molecule has 0 aliphatic heterocycles. The molecule has 8 nitrogen and oxygen atoms in total. The van der Waals surface area contributed by atoms with Crippen LogP contribution >= 0.6 is 0 Å². The third-order valence-electron chi connectivity index (χ3n) is 7.82. The Morgan fingerprint density at radius 2 is 1.31 bits per heavy atom. The van der Waals surface area contributed by atoms with Crippen LogP contribution in [-0.4, -0.2) is 52.8 Å². The Labute approximate surface area is 251 Å². The monoisotopic (exact) mass is 582 g/mol. The summed E-state index contributed by atoms with van der Waals surface area (Å²) in [5.41, 5.74) is 9.91. The van der Waals surface area contributed by atoms with E-state index in [1.807, 2.05) is 84.0 Å². The molecule has 2 aromatic rings. The first-order valence-electron chi connectivity index (χ1n) is 14.7. The van der Waals surface area contributed by atoms with Crippen molar-refractivity contribution >= 4 is 18.0 Å². The molecule has 0 aromatic heterocycles. The normalized spacial score (nSPS) is 15.9. The number of hydrogen-bond acceptors (Lipinski definition) is 7.